The van der Waals surface area contributed by atoms with Crippen molar-refractivity contribution in [1.82, 2.24) is 5.32 Å². The van der Waals surface area contributed by atoms with Gasteiger partial charge in [0.1, 0.15) is 11.6 Å². The number of halogens is 4. The maximum atomic E-state index is 13.3. The average Bonchev–Trinajstić information content (AvgIpc) is 2.61. The molecule has 0 heterocycles. The molecular weight excluding hydrogens is 380 g/mol. The van der Waals surface area contributed by atoms with E-state index < -0.39 is 36.2 Å². The molecule has 2 rings (SSSR count). The zero-order valence-corrected chi connectivity index (χ0v) is 15.7. The number of anilines is 1. The number of carbonyl (C=O) groups excluding carboxylic acids is 2. The van der Waals surface area contributed by atoms with E-state index in [0.29, 0.717) is 5.92 Å². The van der Waals surface area contributed by atoms with Crippen molar-refractivity contribution < 1.29 is 31.9 Å². The van der Waals surface area contributed by atoms with E-state index in [-0.39, 0.29) is 17.6 Å². The molecule has 1 aromatic rings. The topological polar surface area (TPSA) is 67.4 Å². The maximum absolute atomic E-state index is 13.3. The third-order valence-corrected chi connectivity index (χ3v) is 4.78. The van der Waals surface area contributed by atoms with Gasteiger partial charge in [-0.3, -0.25) is 9.59 Å². The van der Waals surface area contributed by atoms with E-state index in [4.69, 9.17) is 0 Å². The van der Waals surface area contributed by atoms with Crippen molar-refractivity contribution in [3.63, 3.8) is 0 Å². The lowest BCUT2D eigenvalue weighted by atomic mass is 9.78. The first kappa shape index (κ1) is 22.0. The van der Waals surface area contributed by atoms with Gasteiger partial charge in [0.05, 0.1) is 5.69 Å². The van der Waals surface area contributed by atoms with Gasteiger partial charge in [-0.15, -0.1) is 0 Å². The van der Waals surface area contributed by atoms with Crippen LogP contribution in [-0.2, 0) is 9.59 Å². The van der Waals surface area contributed by atoms with Crippen molar-refractivity contribution in [2.24, 2.45) is 11.8 Å². The van der Waals surface area contributed by atoms with E-state index in [9.17, 15) is 27.2 Å². The lowest BCUT2D eigenvalue weighted by Crippen LogP contribution is -2.47. The molecule has 2 amide bonds. The lowest BCUT2D eigenvalue weighted by Gasteiger charge is -2.34. The third kappa shape index (κ3) is 6.38. The fourth-order valence-corrected chi connectivity index (χ4v) is 3.43. The molecule has 0 spiro atoms. The predicted octanol–water partition coefficient (Wildman–Crippen LogP) is 4.04. The highest BCUT2D eigenvalue weighted by atomic mass is 19.4. The molecule has 9 heteroatoms. The quantitative estimate of drug-likeness (QED) is 0.575. The smallest absolute Gasteiger partial charge is 0.422 e. The molecule has 156 valence electrons. The van der Waals surface area contributed by atoms with Crippen LogP contribution in [0.5, 0.6) is 5.75 Å². The number of hydrogen-bond donors (Lipinski definition) is 2. The second-order valence-electron chi connectivity index (χ2n) is 7.27. The van der Waals surface area contributed by atoms with Gasteiger partial charge in [-0.1, -0.05) is 26.7 Å². The van der Waals surface area contributed by atoms with Crippen LogP contribution in [0, 0.1) is 17.7 Å². The molecule has 2 atom stereocenters. The van der Waals surface area contributed by atoms with Crippen LogP contribution < -0.4 is 15.4 Å². The van der Waals surface area contributed by atoms with E-state index >= 15 is 0 Å². The van der Waals surface area contributed by atoms with Crippen molar-refractivity contribution in [3.05, 3.63) is 24.0 Å². The molecule has 1 aliphatic carbocycles. The van der Waals surface area contributed by atoms with Crippen molar-refractivity contribution >= 4 is 17.5 Å². The Morgan fingerprint density at radius 3 is 2.50 bits per heavy atom. The first-order chi connectivity index (χ1) is 13.1. The molecule has 1 aromatic carbocycles. The highest BCUT2D eigenvalue weighted by Gasteiger charge is 2.31. The number of nitrogens with one attached hydrogen (secondary N) is 2. The molecule has 0 aliphatic heterocycles. The van der Waals surface area contributed by atoms with Crippen LogP contribution >= 0.6 is 0 Å². The van der Waals surface area contributed by atoms with Crippen LogP contribution in [-0.4, -0.2) is 30.6 Å². The second-order valence-corrected chi connectivity index (χ2v) is 7.27. The Balaban J connectivity index is 2.04. The lowest BCUT2D eigenvalue weighted by molar-refractivity contribution is -0.153. The predicted molar refractivity (Wildman–Crippen MR) is 95.3 cm³/mol. The highest BCUT2D eigenvalue weighted by Crippen LogP contribution is 2.30. The molecule has 1 saturated carbocycles. The average molecular weight is 404 g/mol. The van der Waals surface area contributed by atoms with E-state index in [0.717, 1.165) is 43.9 Å². The molecule has 28 heavy (non-hydrogen) atoms. The Morgan fingerprint density at radius 1 is 1.18 bits per heavy atom. The van der Waals surface area contributed by atoms with E-state index in [1.165, 1.54) is 0 Å². The van der Waals surface area contributed by atoms with Gasteiger partial charge in [0.2, 0.25) is 0 Å². The van der Waals surface area contributed by atoms with E-state index in [1.54, 1.807) is 0 Å². The normalized spacial score (nSPS) is 20.0. The first-order valence-electron chi connectivity index (χ1n) is 9.18. The summed E-state index contributed by atoms with van der Waals surface area (Å²) in [5.74, 6) is -2.67. The summed E-state index contributed by atoms with van der Waals surface area (Å²) >= 11 is 0. The number of alkyl halides is 3. The second kappa shape index (κ2) is 9.25. The van der Waals surface area contributed by atoms with Crippen molar-refractivity contribution in [2.45, 2.75) is 51.7 Å². The molecule has 0 bridgehead atoms. The summed E-state index contributed by atoms with van der Waals surface area (Å²) in [5.41, 5.74) is -0.213. The minimum atomic E-state index is -4.63. The minimum Gasteiger partial charge on any atom is -0.482 e. The number of amides is 2. The van der Waals surface area contributed by atoms with Crippen molar-refractivity contribution in [1.29, 1.82) is 0 Å². The summed E-state index contributed by atoms with van der Waals surface area (Å²) in [4.78, 5) is 24.5. The van der Waals surface area contributed by atoms with Crippen LogP contribution in [0.4, 0.5) is 23.2 Å². The van der Waals surface area contributed by atoms with Crippen molar-refractivity contribution in [3.8, 4) is 5.75 Å². The molecule has 5 nitrogen and oxygen atoms in total. The molecule has 1 fully saturated rings. The summed E-state index contributed by atoms with van der Waals surface area (Å²) in [6, 6.07) is 2.57. The summed E-state index contributed by atoms with van der Waals surface area (Å²) in [5, 5.41) is 4.91. The zero-order valence-electron chi connectivity index (χ0n) is 15.7. The third-order valence-electron chi connectivity index (χ3n) is 4.78. The fourth-order valence-electron chi connectivity index (χ4n) is 3.43. The maximum Gasteiger partial charge on any atom is 0.422 e. The number of rotatable bonds is 5. The van der Waals surface area contributed by atoms with Crippen LogP contribution in [0.15, 0.2) is 18.2 Å². The minimum absolute atomic E-state index is 0.138. The molecular formula is C19H24F4N2O3. The first-order valence-corrected chi connectivity index (χ1v) is 9.18. The van der Waals surface area contributed by atoms with Crippen LogP contribution in [0.2, 0.25) is 0 Å². The van der Waals surface area contributed by atoms with Gasteiger partial charge >= 0.3 is 18.0 Å². The van der Waals surface area contributed by atoms with Gasteiger partial charge < -0.3 is 15.4 Å². The monoisotopic (exact) mass is 404 g/mol. The fraction of sp³-hybridized carbons (Fsp3) is 0.579. The number of ether oxygens (including phenoxy) is 1. The van der Waals surface area contributed by atoms with Crippen LogP contribution in [0.1, 0.15) is 39.5 Å². The largest absolute Gasteiger partial charge is 0.482 e. The Hall–Kier alpha value is -2.32. The summed E-state index contributed by atoms with van der Waals surface area (Å²) in [6.07, 6.45) is -0.895. The molecule has 0 saturated heterocycles. The molecule has 1 aliphatic rings. The highest BCUT2D eigenvalue weighted by molar-refractivity contribution is 6.39. The van der Waals surface area contributed by atoms with Gasteiger partial charge in [-0.25, -0.2) is 4.39 Å². The number of carbonyl (C=O) groups is 2. The van der Waals surface area contributed by atoms with Gasteiger partial charge in [0, 0.05) is 12.1 Å². The van der Waals surface area contributed by atoms with Gasteiger partial charge in [-0.2, -0.15) is 13.2 Å². The summed E-state index contributed by atoms with van der Waals surface area (Å²) in [7, 11) is 0. The molecule has 2 N–H and O–H groups in total. The van der Waals surface area contributed by atoms with E-state index in [1.807, 2.05) is 0 Å². The standard InChI is InChI=1S/C19H24F4N2O3/c1-11(2)13-5-3-4-6-14(13)24-17(26)18(27)25-15-8-7-12(20)9-16(15)28-10-19(21,22)23/h7-9,11,13-14H,3-6,10H2,1-2H3,(H,24,26)(H,25,27). The summed E-state index contributed by atoms with van der Waals surface area (Å²) in [6.45, 7) is 2.46. The van der Waals surface area contributed by atoms with Gasteiger partial charge in [-0.05, 0) is 36.8 Å². The molecule has 0 aromatic heterocycles. The van der Waals surface area contributed by atoms with Crippen LogP contribution in [0.25, 0.3) is 0 Å². The number of benzene rings is 1. The van der Waals surface area contributed by atoms with E-state index in [2.05, 4.69) is 29.2 Å². The Bertz CT molecular complexity index is 707. The number of hydrogen-bond acceptors (Lipinski definition) is 3. The Morgan fingerprint density at radius 2 is 1.86 bits per heavy atom. The Kier molecular flexibility index (Phi) is 7.26. The SMILES string of the molecule is CC(C)C1CCCCC1NC(=O)C(=O)Nc1ccc(F)cc1OCC(F)(F)F. The zero-order chi connectivity index (χ0) is 20.9. The molecule has 2 unspecified atom stereocenters. The van der Waals surface area contributed by atoms with Crippen molar-refractivity contribution in [2.75, 3.05) is 11.9 Å². The van der Waals surface area contributed by atoms with Gasteiger partial charge in [0.15, 0.2) is 6.61 Å². The summed E-state index contributed by atoms with van der Waals surface area (Å²) < 4.78 is 55.0. The van der Waals surface area contributed by atoms with Gasteiger partial charge in [0.25, 0.3) is 0 Å². The van der Waals surface area contributed by atoms with Crippen LogP contribution in [0.3, 0.4) is 0 Å². The molecule has 0 radical (unpaired) electrons. The Labute approximate surface area is 160 Å².